The van der Waals surface area contributed by atoms with Crippen LogP contribution in [0.1, 0.15) is 44.8 Å². The monoisotopic (exact) mass is 311 g/mol. The van der Waals surface area contributed by atoms with Gasteiger partial charge in [0.25, 0.3) is 0 Å². The number of halogens is 2. The Hall–Kier alpha value is -1.19. The Balaban J connectivity index is 2.17. The summed E-state index contributed by atoms with van der Waals surface area (Å²) < 4.78 is 1.93. The summed E-state index contributed by atoms with van der Waals surface area (Å²) in [5.74, 6) is 0. The lowest BCUT2D eigenvalue weighted by Crippen LogP contribution is -2.09. The molecule has 2 rings (SSSR count). The highest BCUT2D eigenvalue weighted by Crippen LogP contribution is 2.29. The lowest BCUT2D eigenvalue weighted by atomic mass is 10.0. The van der Waals surface area contributed by atoms with Crippen LogP contribution in [-0.4, -0.2) is 9.78 Å². The van der Waals surface area contributed by atoms with Crippen LogP contribution < -0.4 is 5.32 Å². The smallest absolute Gasteiger partial charge is 0.0731 e. The third kappa shape index (κ3) is 3.47. The SMILES string of the molecule is CCC(Nc1cnn(C(C)C)c1)c1ccc(Cl)c(Cl)c1. The van der Waals surface area contributed by atoms with E-state index in [1.165, 1.54) is 0 Å². The van der Waals surface area contributed by atoms with E-state index in [1.54, 1.807) is 0 Å². The topological polar surface area (TPSA) is 29.9 Å². The number of nitrogens with zero attached hydrogens (tertiary/aromatic N) is 2. The Bertz CT molecular complexity index is 578. The maximum atomic E-state index is 6.09. The summed E-state index contributed by atoms with van der Waals surface area (Å²) in [6.45, 7) is 6.34. The molecule has 0 saturated carbocycles. The standard InChI is InChI=1S/C15H19Cl2N3/c1-4-15(11-5-6-13(16)14(17)7-11)19-12-8-18-20(9-12)10(2)3/h5-10,15,19H,4H2,1-3H3. The first-order valence-electron chi connectivity index (χ1n) is 6.77. The van der Waals surface area contributed by atoms with Gasteiger partial charge in [0.1, 0.15) is 0 Å². The summed E-state index contributed by atoms with van der Waals surface area (Å²) in [7, 11) is 0. The molecule has 0 fully saturated rings. The molecule has 0 saturated heterocycles. The average molecular weight is 312 g/mol. The Labute approximate surface area is 129 Å². The molecule has 1 aromatic heterocycles. The van der Waals surface area contributed by atoms with Crippen LogP contribution in [0, 0.1) is 0 Å². The van der Waals surface area contributed by atoms with Crippen molar-refractivity contribution in [2.24, 2.45) is 0 Å². The third-order valence-electron chi connectivity index (χ3n) is 3.23. The Morgan fingerprint density at radius 3 is 2.55 bits per heavy atom. The zero-order chi connectivity index (χ0) is 14.7. The molecule has 0 spiro atoms. The summed E-state index contributed by atoms with van der Waals surface area (Å²) in [4.78, 5) is 0. The first kappa shape index (κ1) is 15.2. The highest BCUT2D eigenvalue weighted by Gasteiger charge is 2.12. The van der Waals surface area contributed by atoms with Gasteiger partial charge in [0.15, 0.2) is 0 Å². The summed E-state index contributed by atoms with van der Waals surface area (Å²) in [6.07, 6.45) is 4.82. The van der Waals surface area contributed by atoms with Gasteiger partial charge in [0.05, 0.1) is 28.0 Å². The van der Waals surface area contributed by atoms with E-state index in [2.05, 4.69) is 31.2 Å². The molecule has 2 aromatic rings. The summed E-state index contributed by atoms with van der Waals surface area (Å²) in [5, 5.41) is 8.98. The molecule has 1 unspecified atom stereocenters. The van der Waals surface area contributed by atoms with Crippen molar-refractivity contribution >= 4 is 28.9 Å². The molecule has 3 nitrogen and oxygen atoms in total. The van der Waals surface area contributed by atoms with Gasteiger partial charge in [-0.05, 0) is 38.0 Å². The Morgan fingerprint density at radius 2 is 2.00 bits per heavy atom. The zero-order valence-electron chi connectivity index (χ0n) is 11.9. The van der Waals surface area contributed by atoms with Crippen LogP contribution in [0.25, 0.3) is 0 Å². The van der Waals surface area contributed by atoms with Crippen molar-refractivity contribution in [1.29, 1.82) is 0 Å². The van der Waals surface area contributed by atoms with Crippen molar-refractivity contribution in [1.82, 2.24) is 9.78 Å². The van der Waals surface area contributed by atoms with Gasteiger partial charge in [-0.1, -0.05) is 36.2 Å². The van der Waals surface area contributed by atoms with E-state index in [4.69, 9.17) is 23.2 Å². The zero-order valence-corrected chi connectivity index (χ0v) is 13.4. The molecule has 0 aliphatic rings. The minimum atomic E-state index is 0.189. The van der Waals surface area contributed by atoms with E-state index in [1.807, 2.05) is 35.3 Å². The van der Waals surface area contributed by atoms with Crippen molar-refractivity contribution in [2.45, 2.75) is 39.3 Å². The van der Waals surface area contributed by atoms with E-state index >= 15 is 0 Å². The third-order valence-corrected chi connectivity index (χ3v) is 3.96. The van der Waals surface area contributed by atoms with Gasteiger partial charge in [0, 0.05) is 12.2 Å². The number of hydrogen-bond donors (Lipinski definition) is 1. The molecule has 1 atom stereocenters. The molecule has 1 N–H and O–H groups in total. The van der Waals surface area contributed by atoms with Gasteiger partial charge in [-0.3, -0.25) is 4.68 Å². The van der Waals surface area contributed by atoms with E-state index in [0.717, 1.165) is 17.7 Å². The Kier molecular flexibility index (Phi) is 4.95. The van der Waals surface area contributed by atoms with Gasteiger partial charge >= 0.3 is 0 Å². The maximum absolute atomic E-state index is 6.09. The molecule has 1 aromatic carbocycles. The van der Waals surface area contributed by atoms with Crippen molar-refractivity contribution < 1.29 is 0 Å². The highest BCUT2D eigenvalue weighted by molar-refractivity contribution is 6.42. The number of anilines is 1. The Morgan fingerprint density at radius 1 is 1.25 bits per heavy atom. The molecule has 5 heteroatoms. The maximum Gasteiger partial charge on any atom is 0.0731 e. The largest absolute Gasteiger partial charge is 0.376 e. The van der Waals surface area contributed by atoms with Crippen LogP contribution in [-0.2, 0) is 0 Å². The molecule has 0 aliphatic carbocycles. The van der Waals surface area contributed by atoms with E-state index in [-0.39, 0.29) is 6.04 Å². The van der Waals surface area contributed by atoms with Gasteiger partial charge in [-0.15, -0.1) is 0 Å². The minimum absolute atomic E-state index is 0.189. The molecule has 1 heterocycles. The minimum Gasteiger partial charge on any atom is -0.376 e. The molecule has 0 amide bonds. The molecule has 20 heavy (non-hydrogen) atoms. The lowest BCUT2D eigenvalue weighted by molar-refractivity contribution is 0.532. The second kappa shape index (κ2) is 6.51. The van der Waals surface area contributed by atoms with Crippen molar-refractivity contribution in [2.75, 3.05) is 5.32 Å². The van der Waals surface area contributed by atoms with Crippen LogP contribution in [0.3, 0.4) is 0 Å². The summed E-state index contributed by atoms with van der Waals surface area (Å²) in [5.41, 5.74) is 2.14. The number of rotatable bonds is 5. The first-order valence-corrected chi connectivity index (χ1v) is 7.52. The van der Waals surface area contributed by atoms with Gasteiger partial charge < -0.3 is 5.32 Å². The van der Waals surface area contributed by atoms with Crippen molar-refractivity contribution in [3.8, 4) is 0 Å². The van der Waals surface area contributed by atoms with E-state index in [0.29, 0.717) is 16.1 Å². The van der Waals surface area contributed by atoms with Crippen LogP contribution in [0.2, 0.25) is 10.0 Å². The fourth-order valence-corrected chi connectivity index (χ4v) is 2.35. The molecule has 108 valence electrons. The molecule has 0 aliphatic heterocycles. The molecular formula is C15H19Cl2N3. The van der Waals surface area contributed by atoms with Crippen molar-refractivity contribution in [3.05, 3.63) is 46.2 Å². The van der Waals surface area contributed by atoms with Crippen molar-refractivity contribution in [3.63, 3.8) is 0 Å². The molecule has 0 bridgehead atoms. The van der Waals surface area contributed by atoms with Gasteiger partial charge in [0.2, 0.25) is 0 Å². The number of benzene rings is 1. The first-order chi connectivity index (χ1) is 9.51. The lowest BCUT2D eigenvalue weighted by Gasteiger charge is -2.18. The number of nitrogens with one attached hydrogen (secondary N) is 1. The fraction of sp³-hybridized carbons (Fsp3) is 0.400. The fourth-order valence-electron chi connectivity index (χ4n) is 2.05. The second-order valence-corrected chi connectivity index (χ2v) is 5.90. The summed E-state index contributed by atoms with van der Waals surface area (Å²) in [6, 6.07) is 6.30. The van der Waals surface area contributed by atoms with E-state index in [9.17, 15) is 0 Å². The predicted octanol–water partition coefficient (Wildman–Crippen LogP) is 5.33. The van der Waals surface area contributed by atoms with E-state index < -0.39 is 0 Å². The normalized spacial score (nSPS) is 12.7. The second-order valence-electron chi connectivity index (χ2n) is 5.08. The number of aromatic nitrogens is 2. The molecular weight excluding hydrogens is 293 g/mol. The predicted molar refractivity (Wildman–Crippen MR) is 85.7 cm³/mol. The highest BCUT2D eigenvalue weighted by atomic mass is 35.5. The van der Waals surface area contributed by atoms with Gasteiger partial charge in [-0.2, -0.15) is 5.10 Å². The van der Waals surface area contributed by atoms with Crippen LogP contribution in [0.5, 0.6) is 0 Å². The molecule has 0 radical (unpaired) electrons. The van der Waals surface area contributed by atoms with Crippen LogP contribution >= 0.6 is 23.2 Å². The average Bonchev–Trinajstić information content (AvgIpc) is 2.88. The quantitative estimate of drug-likeness (QED) is 0.808. The van der Waals surface area contributed by atoms with Crippen LogP contribution in [0.4, 0.5) is 5.69 Å². The van der Waals surface area contributed by atoms with Gasteiger partial charge in [-0.25, -0.2) is 0 Å². The number of hydrogen-bond acceptors (Lipinski definition) is 2. The summed E-state index contributed by atoms with van der Waals surface area (Å²) >= 11 is 12.0. The van der Waals surface area contributed by atoms with Crippen LogP contribution in [0.15, 0.2) is 30.6 Å².